The van der Waals surface area contributed by atoms with E-state index in [2.05, 4.69) is 24.0 Å². The zero-order valence-corrected chi connectivity index (χ0v) is 14.6. The van der Waals surface area contributed by atoms with Gasteiger partial charge in [0, 0.05) is 25.1 Å². The third kappa shape index (κ3) is 3.39. The molecule has 1 atom stereocenters. The van der Waals surface area contributed by atoms with Gasteiger partial charge in [-0.3, -0.25) is 0 Å². The van der Waals surface area contributed by atoms with Crippen molar-refractivity contribution in [1.82, 2.24) is 14.7 Å². The topological polar surface area (TPSA) is 66.2 Å². The molecule has 0 N–H and O–H groups in total. The number of imidazole rings is 1. The van der Waals surface area contributed by atoms with E-state index in [1.54, 1.807) is 6.20 Å². The molecule has 6 nitrogen and oxygen atoms in total. The summed E-state index contributed by atoms with van der Waals surface area (Å²) >= 11 is 0. The maximum Gasteiger partial charge on any atom is 0.176 e. The Morgan fingerprint density at radius 2 is 2.20 bits per heavy atom. The zero-order chi connectivity index (χ0) is 17.2. The minimum absolute atomic E-state index is 0.0637. The number of ether oxygens (including phenoxy) is 1. The second-order valence-electron chi connectivity index (χ2n) is 6.81. The maximum absolute atomic E-state index is 6.03. The normalized spacial score (nSPS) is 18.1. The molecule has 25 heavy (non-hydrogen) atoms. The number of hydrogen-bond donors (Lipinski definition) is 0. The van der Waals surface area contributed by atoms with Gasteiger partial charge in [-0.2, -0.15) is 0 Å². The van der Waals surface area contributed by atoms with E-state index in [0.29, 0.717) is 12.5 Å². The van der Waals surface area contributed by atoms with E-state index in [1.807, 2.05) is 29.0 Å². The van der Waals surface area contributed by atoms with Crippen LogP contribution in [0.2, 0.25) is 0 Å². The molecular weight excluding hydrogens is 318 g/mol. The predicted octanol–water partition coefficient (Wildman–Crippen LogP) is 4.54. The fraction of sp³-hybridized carbons (Fsp3) is 0.474. The van der Waals surface area contributed by atoms with Crippen LogP contribution in [0.5, 0.6) is 0 Å². The smallest absolute Gasteiger partial charge is 0.176 e. The number of nitrogens with zero attached hydrogens (tertiary/aromatic N) is 3. The summed E-state index contributed by atoms with van der Waals surface area (Å²) in [4.78, 5) is 4.45. The van der Waals surface area contributed by atoms with Crippen LogP contribution in [-0.2, 0) is 11.3 Å². The molecule has 1 saturated heterocycles. The van der Waals surface area contributed by atoms with Gasteiger partial charge in [0.15, 0.2) is 17.3 Å². The molecule has 4 heterocycles. The highest BCUT2D eigenvalue weighted by atomic mass is 16.5. The van der Waals surface area contributed by atoms with Crippen molar-refractivity contribution >= 4 is 0 Å². The lowest BCUT2D eigenvalue weighted by atomic mass is 10.1. The third-order valence-corrected chi connectivity index (χ3v) is 4.55. The van der Waals surface area contributed by atoms with E-state index in [0.717, 1.165) is 48.2 Å². The van der Waals surface area contributed by atoms with Crippen LogP contribution in [0.4, 0.5) is 0 Å². The molecule has 0 aromatic carbocycles. The Labute approximate surface area is 146 Å². The van der Waals surface area contributed by atoms with E-state index in [-0.39, 0.29) is 6.10 Å². The first-order valence-corrected chi connectivity index (χ1v) is 8.89. The quantitative estimate of drug-likeness (QED) is 0.681. The van der Waals surface area contributed by atoms with Crippen molar-refractivity contribution in [2.45, 2.75) is 51.7 Å². The molecule has 1 aliphatic heterocycles. The molecule has 0 bridgehead atoms. The fourth-order valence-corrected chi connectivity index (χ4v) is 3.12. The molecular formula is C19H23N3O3. The van der Waals surface area contributed by atoms with E-state index >= 15 is 0 Å². The summed E-state index contributed by atoms with van der Waals surface area (Å²) in [6.45, 7) is 5.58. The highest BCUT2D eigenvalue weighted by Crippen LogP contribution is 2.32. The number of rotatable bonds is 5. The Bertz CT molecular complexity index is 824. The molecule has 6 heteroatoms. The van der Waals surface area contributed by atoms with Gasteiger partial charge in [-0.1, -0.05) is 19.0 Å². The number of hydrogen-bond acceptors (Lipinski definition) is 5. The molecule has 3 aromatic rings. The van der Waals surface area contributed by atoms with Gasteiger partial charge in [0.05, 0.1) is 12.2 Å². The monoisotopic (exact) mass is 341 g/mol. The van der Waals surface area contributed by atoms with Gasteiger partial charge >= 0.3 is 0 Å². The van der Waals surface area contributed by atoms with Crippen molar-refractivity contribution in [3.05, 3.63) is 47.8 Å². The van der Waals surface area contributed by atoms with E-state index in [9.17, 15) is 0 Å². The van der Waals surface area contributed by atoms with Crippen LogP contribution in [0, 0.1) is 0 Å². The highest BCUT2D eigenvalue weighted by molar-refractivity contribution is 5.48. The van der Waals surface area contributed by atoms with Crippen LogP contribution in [0.25, 0.3) is 11.6 Å². The molecule has 132 valence electrons. The first-order valence-electron chi connectivity index (χ1n) is 8.89. The van der Waals surface area contributed by atoms with Gasteiger partial charge in [0.25, 0.3) is 0 Å². The lowest BCUT2D eigenvalue weighted by Crippen LogP contribution is -2.10. The standard InChI is InChI=1S/C19H23N3O3/c1-13(2)15-11-14(25-21-15)12-22-9-8-20-19(22)18-7-6-17(24-18)16-5-3-4-10-23-16/h6-9,11,13,16H,3-5,10,12H2,1-2H3. The lowest BCUT2D eigenvalue weighted by Gasteiger charge is -2.20. The molecule has 0 aliphatic carbocycles. The summed E-state index contributed by atoms with van der Waals surface area (Å²) in [5.41, 5.74) is 0.964. The van der Waals surface area contributed by atoms with Crippen molar-refractivity contribution in [3.63, 3.8) is 0 Å². The minimum atomic E-state index is 0.0637. The van der Waals surface area contributed by atoms with Gasteiger partial charge < -0.3 is 18.2 Å². The largest absolute Gasteiger partial charge is 0.455 e. The van der Waals surface area contributed by atoms with Gasteiger partial charge in [-0.25, -0.2) is 4.98 Å². The first kappa shape index (κ1) is 16.1. The Kier molecular flexibility index (Phi) is 4.44. The van der Waals surface area contributed by atoms with Crippen LogP contribution in [-0.4, -0.2) is 21.3 Å². The molecule has 0 saturated carbocycles. The number of aromatic nitrogens is 3. The van der Waals surface area contributed by atoms with E-state index < -0.39 is 0 Å². The predicted molar refractivity (Wildman–Crippen MR) is 92.2 cm³/mol. The average molecular weight is 341 g/mol. The van der Waals surface area contributed by atoms with Crippen LogP contribution < -0.4 is 0 Å². The average Bonchev–Trinajstić information content (AvgIpc) is 3.36. The van der Waals surface area contributed by atoms with E-state index in [4.69, 9.17) is 13.7 Å². The molecule has 3 aromatic heterocycles. The van der Waals surface area contributed by atoms with Crippen molar-refractivity contribution in [1.29, 1.82) is 0 Å². The van der Waals surface area contributed by atoms with Crippen molar-refractivity contribution in [3.8, 4) is 11.6 Å². The van der Waals surface area contributed by atoms with Crippen LogP contribution >= 0.6 is 0 Å². The van der Waals surface area contributed by atoms with Crippen LogP contribution in [0.1, 0.15) is 62.3 Å². The maximum atomic E-state index is 6.03. The van der Waals surface area contributed by atoms with Crippen molar-refractivity contribution < 1.29 is 13.7 Å². The lowest BCUT2D eigenvalue weighted by molar-refractivity contribution is 0.00218. The zero-order valence-electron chi connectivity index (χ0n) is 14.6. The Balaban J connectivity index is 1.53. The highest BCUT2D eigenvalue weighted by Gasteiger charge is 2.21. The Morgan fingerprint density at radius 3 is 2.96 bits per heavy atom. The molecule has 0 radical (unpaired) electrons. The fourth-order valence-electron chi connectivity index (χ4n) is 3.12. The molecule has 1 unspecified atom stereocenters. The second-order valence-corrected chi connectivity index (χ2v) is 6.81. The van der Waals surface area contributed by atoms with Crippen molar-refractivity contribution in [2.24, 2.45) is 0 Å². The van der Waals surface area contributed by atoms with Gasteiger partial charge in [0.2, 0.25) is 0 Å². The van der Waals surface area contributed by atoms with Crippen LogP contribution in [0.3, 0.4) is 0 Å². The van der Waals surface area contributed by atoms with Gasteiger partial charge in [-0.05, 0) is 37.3 Å². The Morgan fingerprint density at radius 1 is 1.28 bits per heavy atom. The van der Waals surface area contributed by atoms with Crippen LogP contribution in [0.15, 0.2) is 39.5 Å². The number of furan rings is 1. The Hall–Kier alpha value is -2.34. The summed E-state index contributed by atoms with van der Waals surface area (Å²) < 4.78 is 19.3. The molecule has 0 spiro atoms. The SMILES string of the molecule is CC(C)c1cc(Cn2ccnc2-c2ccc(C3CCCCO3)o2)on1. The van der Waals surface area contributed by atoms with E-state index in [1.165, 1.54) is 6.42 Å². The molecule has 1 aliphatic rings. The molecule has 4 rings (SSSR count). The third-order valence-electron chi connectivity index (χ3n) is 4.55. The minimum Gasteiger partial charge on any atom is -0.455 e. The van der Waals surface area contributed by atoms with Crippen molar-refractivity contribution in [2.75, 3.05) is 6.61 Å². The first-order chi connectivity index (χ1) is 12.2. The van der Waals surface area contributed by atoms with Gasteiger partial charge in [0.1, 0.15) is 11.9 Å². The second kappa shape index (κ2) is 6.88. The summed E-state index contributed by atoms with van der Waals surface area (Å²) in [7, 11) is 0. The molecule has 1 fully saturated rings. The van der Waals surface area contributed by atoms with Gasteiger partial charge in [-0.15, -0.1) is 0 Å². The summed E-state index contributed by atoms with van der Waals surface area (Å²) in [6.07, 6.45) is 7.08. The summed E-state index contributed by atoms with van der Waals surface area (Å²) in [5, 5.41) is 4.12. The summed E-state index contributed by atoms with van der Waals surface area (Å²) in [5.74, 6) is 3.57. The summed E-state index contributed by atoms with van der Waals surface area (Å²) in [6, 6.07) is 5.96. The molecule has 0 amide bonds.